The predicted molar refractivity (Wildman–Crippen MR) is 88.3 cm³/mol. The Morgan fingerprint density at radius 3 is 2.30 bits per heavy atom. The van der Waals surface area contributed by atoms with Crippen LogP contribution in [0.1, 0.15) is 34.1 Å². The van der Waals surface area contributed by atoms with E-state index in [0.29, 0.717) is 6.42 Å². The maximum absolute atomic E-state index is 12.5. The molecule has 0 bridgehead atoms. The second kappa shape index (κ2) is 8.92. The fourth-order valence-corrected chi connectivity index (χ4v) is 2.24. The van der Waals surface area contributed by atoms with E-state index in [1.807, 2.05) is 44.2 Å². The van der Waals surface area contributed by atoms with Crippen LogP contribution in [0.3, 0.4) is 0 Å². The van der Waals surface area contributed by atoms with Crippen LogP contribution in [-0.4, -0.2) is 29.8 Å². The molecule has 1 aromatic rings. The Morgan fingerprint density at radius 2 is 1.78 bits per heavy atom. The number of hydrogen-bond donors (Lipinski definition) is 3. The molecule has 0 saturated heterocycles. The molecule has 126 valence electrons. The van der Waals surface area contributed by atoms with Gasteiger partial charge in [0.2, 0.25) is 17.7 Å². The van der Waals surface area contributed by atoms with Crippen molar-refractivity contribution in [3.63, 3.8) is 0 Å². The van der Waals surface area contributed by atoms with Crippen LogP contribution in [-0.2, 0) is 20.8 Å². The second-order valence-corrected chi connectivity index (χ2v) is 5.90. The Labute approximate surface area is 138 Å². The molecule has 0 aliphatic carbocycles. The van der Waals surface area contributed by atoms with Crippen molar-refractivity contribution in [1.29, 1.82) is 0 Å². The van der Waals surface area contributed by atoms with E-state index in [2.05, 4.69) is 10.6 Å². The van der Waals surface area contributed by atoms with Crippen LogP contribution in [0.15, 0.2) is 30.3 Å². The lowest BCUT2D eigenvalue weighted by Crippen LogP contribution is -2.53. The third-order valence-corrected chi connectivity index (χ3v) is 3.30. The summed E-state index contributed by atoms with van der Waals surface area (Å²) in [6.07, 6.45) is 0.692. The third-order valence-electron chi connectivity index (χ3n) is 3.30. The van der Waals surface area contributed by atoms with Crippen LogP contribution in [0.25, 0.3) is 0 Å². The molecule has 0 saturated carbocycles. The van der Waals surface area contributed by atoms with Crippen molar-refractivity contribution in [3.05, 3.63) is 35.9 Å². The molecule has 1 aromatic carbocycles. The van der Waals surface area contributed by atoms with Crippen LogP contribution in [0, 0.1) is 5.92 Å². The van der Waals surface area contributed by atoms with Crippen molar-refractivity contribution in [1.82, 2.24) is 10.6 Å². The molecule has 0 aliphatic heterocycles. The molecule has 23 heavy (non-hydrogen) atoms. The summed E-state index contributed by atoms with van der Waals surface area (Å²) in [7, 11) is 0. The van der Waals surface area contributed by atoms with Gasteiger partial charge in [0.25, 0.3) is 0 Å². The highest BCUT2D eigenvalue weighted by atomic mass is 16.2. The molecule has 0 unspecified atom stereocenters. The van der Waals surface area contributed by atoms with Gasteiger partial charge in [-0.3, -0.25) is 14.4 Å². The van der Waals surface area contributed by atoms with E-state index in [1.54, 1.807) is 0 Å². The molecule has 6 heteroatoms. The SMILES string of the molecule is [2H]CC(=O)N[C@@H](Cc1ccccc1)C(=O)N[C@@H](CC(C)C)C(N)=O. The van der Waals surface area contributed by atoms with Crippen molar-refractivity contribution in [2.75, 3.05) is 0 Å². The number of amides is 3. The van der Waals surface area contributed by atoms with Gasteiger partial charge in [-0.2, -0.15) is 0 Å². The summed E-state index contributed by atoms with van der Waals surface area (Å²) in [5, 5.41) is 5.13. The van der Waals surface area contributed by atoms with Gasteiger partial charge in [-0.05, 0) is 17.9 Å². The topological polar surface area (TPSA) is 101 Å². The first-order valence-electron chi connectivity index (χ1n) is 8.26. The fourth-order valence-electron chi connectivity index (χ4n) is 2.24. The summed E-state index contributed by atoms with van der Waals surface area (Å²) in [6, 6.07) is 7.55. The number of primary amides is 1. The van der Waals surface area contributed by atoms with E-state index in [1.165, 1.54) is 0 Å². The first-order valence-corrected chi connectivity index (χ1v) is 7.55. The van der Waals surface area contributed by atoms with Crippen LogP contribution >= 0.6 is 0 Å². The Hall–Kier alpha value is -2.37. The Morgan fingerprint density at radius 1 is 1.13 bits per heavy atom. The molecule has 1 rings (SSSR count). The molecule has 0 aliphatic rings. The van der Waals surface area contributed by atoms with Crippen molar-refractivity contribution < 1.29 is 15.8 Å². The van der Waals surface area contributed by atoms with E-state index in [-0.39, 0.29) is 12.3 Å². The average molecular weight is 320 g/mol. The number of hydrogen-bond acceptors (Lipinski definition) is 3. The lowest BCUT2D eigenvalue weighted by Gasteiger charge is -2.22. The zero-order valence-corrected chi connectivity index (χ0v) is 13.5. The van der Waals surface area contributed by atoms with Crippen molar-refractivity contribution in [3.8, 4) is 0 Å². The largest absolute Gasteiger partial charge is 0.368 e. The van der Waals surface area contributed by atoms with E-state index in [0.717, 1.165) is 5.56 Å². The standard InChI is InChI=1S/C17H25N3O3/c1-11(2)9-14(16(18)22)20-17(23)15(19-12(3)21)10-13-7-5-4-6-8-13/h4-8,11,14-15H,9-10H2,1-3H3,(H2,18,22)(H,19,21)(H,20,23)/t14-,15-/m0/s1/i3D. The van der Waals surface area contributed by atoms with Crippen molar-refractivity contribution in [2.24, 2.45) is 11.7 Å². The highest BCUT2D eigenvalue weighted by Crippen LogP contribution is 2.07. The zero-order chi connectivity index (χ0) is 18.1. The monoisotopic (exact) mass is 320 g/mol. The Bertz CT molecular complexity index is 563. The van der Waals surface area contributed by atoms with E-state index < -0.39 is 36.7 Å². The molecule has 2 atom stereocenters. The molecule has 0 aromatic heterocycles. The predicted octanol–water partition coefficient (Wildman–Crippen LogP) is 0.750. The quantitative estimate of drug-likeness (QED) is 0.659. The first-order chi connectivity index (χ1) is 11.3. The lowest BCUT2D eigenvalue weighted by molar-refractivity contribution is -0.131. The van der Waals surface area contributed by atoms with Gasteiger partial charge in [0, 0.05) is 14.7 Å². The number of carbonyl (C=O) groups excluding carboxylic acids is 3. The van der Waals surface area contributed by atoms with Gasteiger partial charge in [-0.25, -0.2) is 0 Å². The van der Waals surface area contributed by atoms with E-state index >= 15 is 0 Å². The van der Waals surface area contributed by atoms with Crippen molar-refractivity contribution in [2.45, 2.75) is 45.7 Å². The summed E-state index contributed by atoms with van der Waals surface area (Å²) in [6.45, 7) is 3.38. The first kappa shape index (κ1) is 17.0. The summed E-state index contributed by atoms with van der Waals surface area (Å²) in [5.41, 5.74) is 6.21. The zero-order valence-electron chi connectivity index (χ0n) is 14.5. The van der Waals surface area contributed by atoms with E-state index in [9.17, 15) is 14.4 Å². The summed E-state index contributed by atoms with van der Waals surface area (Å²) < 4.78 is 7.11. The third kappa shape index (κ3) is 6.95. The molecule has 0 heterocycles. The van der Waals surface area contributed by atoms with Crippen molar-refractivity contribution >= 4 is 17.7 Å². The highest BCUT2D eigenvalue weighted by Gasteiger charge is 2.25. The molecule has 0 fully saturated rings. The minimum atomic E-state index is -0.862. The minimum Gasteiger partial charge on any atom is -0.368 e. The van der Waals surface area contributed by atoms with Gasteiger partial charge in [0.15, 0.2) is 0 Å². The Kier molecular flexibility index (Phi) is 6.59. The molecule has 0 radical (unpaired) electrons. The minimum absolute atomic E-state index is 0.179. The van der Waals surface area contributed by atoms with Gasteiger partial charge < -0.3 is 16.4 Å². The number of carbonyl (C=O) groups is 3. The molecule has 6 nitrogen and oxygen atoms in total. The number of nitrogens with one attached hydrogen (secondary N) is 2. The summed E-state index contributed by atoms with van der Waals surface area (Å²) in [5.74, 6) is -1.46. The average Bonchev–Trinajstić information content (AvgIpc) is 2.53. The van der Waals surface area contributed by atoms with Gasteiger partial charge >= 0.3 is 0 Å². The molecular formula is C17H25N3O3. The van der Waals surface area contributed by atoms with Crippen LogP contribution < -0.4 is 16.4 Å². The lowest BCUT2D eigenvalue weighted by atomic mass is 10.0. The second-order valence-electron chi connectivity index (χ2n) is 5.90. The number of nitrogens with two attached hydrogens (primary N) is 1. The number of rotatable bonds is 8. The highest BCUT2D eigenvalue weighted by molar-refractivity contribution is 5.91. The summed E-state index contributed by atoms with van der Waals surface area (Å²) >= 11 is 0. The van der Waals surface area contributed by atoms with Gasteiger partial charge in [0.05, 0.1) is 0 Å². The smallest absolute Gasteiger partial charge is 0.243 e. The van der Waals surface area contributed by atoms with Crippen LogP contribution in [0.4, 0.5) is 0 Å². The van der Waals surface area contributed by atoms with Gasteiger partial charge in [-0.15, -0.1) is 0 Å². The van der Waals surface area contributed by atoms with Gasteiger partial charge in [0.1, 0.15) is 12.1 Å². The maximum atomic E-state index is 12.5. The Balaban J connectivity index is 2.85. The molecular weight excluding hydrogens is 294 g/mol. The molecule has 0 spiro atoms. The van der Waals surface area contributed by atoms with Crippen LogP contribution in [0.5, 0.6) is 0 Å². The summed E-state index contributed by atoms with van der Waals surface area (Å²) in [4.78, 5) is 35.6. The van der Waals surface area contributed by atoms with Gasteiger partial charge in [-0.1, -0.05) is 44.2 Å². The number of benzene rings is 1. The molecule has 3 amide bonds. The maximum Gasteiger partial charge on any atom is 0.243 e. The fraction of sp³-hybridized carbons (Fsp3) is 0.471. The normalized spacial score (nSPS) is 13.8. The van der Waals surface area contributed by atoms with Crippen LogP contribution in [0.2, 0.25) is 0 Å². The molecule has 4 N–H and O–H groups in total. The van der Waals surface area contributed by atoms with E-state index in [4.69, 9.17) is 7.10 Å².